The lowest BCUT2D eigenvalue weighted by Gasteiger charge is -2.11. The quantitative estimate of drug-likeness (QED) is 0.163. The molecular formula is C55H36N2O. The molecule has 0 saturated carbocycles. The van der Waals surface area contributed by atoms with E-state index < -0.39 is 0 Å². The van der Waals surface area contributed by atoms with Gasteiger partial charge in [-0.05, 0) is 98.6 Å². The molecule has 0 saturated heterocycles. The first-order valence-corrected chi connectivity index (χ1v) is 19.7. The number of imidazole rings is 1. The summed E-state index contributed by atoms with van der Waals surface area (Å²) in [5.41, 5.74) is 17.5. The first-order chi connectivity index (χ1) is 28.7. The Hall–Kier alpha value is -7.75. The Kier molecular flexibility index (Phi) is 8.15. The lowest BCUT2D eigenvalue weighted by atomic mass is 9.93. The Labute approximate surface area is 336 Å². The molecule has 3 heteroatoms. The fourth-order valence-electron chi connectivity index (χ4n) is 8.27. The minimum atomic E-state index is 0.866. The number of benzene rings is 9. The van der Waals surface area contributed by atoms with Crippen LogP contribution in [-0.4, -0.2) is 9.55 Å². The molecule has 0 aliphatic heterocycles. The highest BCUT2D eigenvalue weighted by molar-refractivity contribution is 6.12. The molecule has 9 aromatic carbocycles. The van der Waals surface area contributed by atoms with E-state index in [1.54, 1.807) is 0 Å². The van der Waals surface area contributed by atoms with Crippen molar-refractivity contribution in [1.82, 2.24) is 9.55 Å². The van der Waals surface area contributed by atoms with Gasteiger partial charge in [-0.3, -0.25) is 4.57 Å². The summed E-state index contributed by atoms with van der Waals surface area (Å²) in [6.45, 7) is 0. The molecule has 272 valence electrons. The zero-order valence-corrected chi connectivity index (χ0v) is 31.6. The molecule has 0 atom stereocenters. The molecule has 0 bridgehead atoms. The van der Waals surface area contributed by atoms with Gasteiger partial charge < -0.3 is 4.42 Å². The SMILES string of the molecule is c1ccc(-c2ccc(-c3ccc4oc5c(-c6ccc(-c7nc8ccccc8n7-c7ccccc7)cc6)cc(-c6ccc(-c7ccccc7)cc6)cc5c4c3)cc2)cc1. The van der Waals surface area contributed by atoms with Crippen LogP contribution in [0.1, 0.15) is 0 Å². The van der Waals surface area contributed by atoms with Crippen LogP contribution in [0.3, 0.4) is 0 Å². The van der Waals surface area contributed by atoms with Crippen molar-refractivity contribution in [2.24, 2.45) is 0 Å². The number of fused-ring (bicyclic) bond motifs is 4. The van der Waals surface area contributed by atoms with Gasteiger partial charge in [-0.15, -0.1) is 0 Å². The summed E-state index contributed by atoms with van der Waals surface area (Å²) in [6.07, 6.45) is 0. The van der Waals surface area contributed by atoms with Crippen molar-refractivity contribution < 1.29 is 4.42 Å². The van der Waals surface area contributed by atoms with E-state index in [1.165, 1.54) is 27.8 Å². The standard InChI is InChI=1S/C55H36N2O/c1-4-12-37(13-5-1)39-20-24-41(25-21-39)45-32-33-53-49(34-45)50-36-46(42-26-22-40(23-27-42)38-14-6-2-7-15-38)35-48(54(50)58-53)43-28-30-44(31-29-43)55-56-51-18-10-11-19-52(51)57(55)47-16-8-3-9-17-47/h1-36H. The molecular weight excluding hydrogens is 705 g/mol. The number of hydrogen-bond acceptors (Lipinski definition) is 2. The number of rotatable bonds is 7. The fourth-order valence-corrected chi connectivity index (χ4v) is 8.27. The van der Waals surface area contributed by atoms with Crippen molar-refractivity contribution in [2.75, 3.05) is 0 Å². The van der Waals surface area contributed by atoms with E-state index >= 15 is 0 Å². The summed E-state index contributed by atoms with van der Waals surface area (Å²) in [4.78, 5) is 5.12. The maximum absolute atomic E-state index is 6.79. The van der Waals surface area contributed by atoms with Crippen molar-refractivity contribution in [3.8, 4) is 72.7 Å². The van der Waals surface area contributed by atoms with Crippen molar-refractivity contribution in [3.05, 3.63) is 218 Å². The predicted octanol–water partition coefficient (Wildman–Crippen LogP) is 14.9. The van der Waals surface area contributed by atoms with Crippen LogP contribution in [0.25, 0.3) is 106 Å². The van der Waals surface area contributed by atoms with Crippen molar-refractivity contribution in [2.45, 2.75) is 0 Å². The van der Waals surface area contributed by atoms with Gasteiger partial charge in [0.15, 0.2) is 0 Å². The number of aromatic nitrogens is 2. The summed E-state index contributed by atoms with van der Waals surface area (Å²) < 4.78 is 9.03. The summed E-state index contributed by atoms with van der Waals surface area (Å²) >= 11 is 0. The Bertz CT molecular complexity index is 3220. The van der Waals surface area contributed by atoms with Crippen LogP contribution in [-0.2, 0) is 0 Å². The maximum atomic E-state index is 6.79. The third kappa shape index (κ3) is 5.98. The van der Waals surface area contributed by atoms with Gasteiger partial charge in [0, 0.05) is 27.6 Å². The minimum Gasteiger partial charge on any atom is -0.455 e. The van der Waals surface area contributed by atoms with Crippen molar-refractivity contribution in [1.29, 1.82) is 0 Å². The predicted molar refractivity (Wildman–Crippen MR) is 241 cm³/mol. The zero-order valence-electron chi connectivity index (χ0n) is 31.6. The Morgan fingerprint density at radius 3 is 1.45 bits per heavy atom. The highest BCUT2D eigenvalue weighted by Crippen LogP contribution is 2.42. The number of furan rings is 1. The molecule has 2 heterocycles. The van der Waals surface area contributed by atoms with E-state index in [9.17, 15) is 0 Å². The van der Waals surface area contributed by atoms with Crippen LogP contribution in [0.4, 0.5) is 0 Å². The molecule has 0 aliphatic rings. The van der Waals surface area contributed by atoms with Gasteiger partial charge in [0.25, 0.3) is 0 Å². The zero-order chi connectivity index (χ0) is 38.4. The molecule has 58 heavy (non-hydrogen) atoms. The smallest absolute Gasteiger partial charge is 0.145 e. The molecule has 11 aromatic rings. The Morgan fingerprint density at radius 2 is 0.810 bits per heavy atom. The largest absolute Gasteiger partial charge is 0.455 e. The normalized spacial score (nSPS) is 11.4. The minimum absolute atomic E-state index is 0.866. The highest BCUT2D eigenvalue weighted by Gasteiger charge is 2.18. The van der Waals surface area contributed by atoms with Gasteiger partial charge in [0.05, 0.1) is 11.0 Å². The molecule has 0 spiro atoms. The van der Waals surface area contributed by atoms with Gasteiger partial charge in [-0.2, -0.15) is 0 Å². The monoisotopic (exact) mass is 740 g/mol. The first kappa shape index (κ1) is 33.6. The summed E-state index contributed by atoms with van der Waals surface area (Å²) in [7, 11) is 0. The van der Waals surface area contributed by atoms with Gasteiger partial charge >= 0.3 is 0 Å². The van der Waals surface area contributed by atoms with E-state index in [1.807, 2.05) is 12.1 Å². The van der Waals surface area contributed by atoms with Gasteiger partial charge in [-0.25, -0.2) is 4.98 Å². The van der Waals surface area contributed by atoms with Crippen LogP contribution in [0, 0.1) is 0 Å². The van der Waals surface area contributed by atoms with E-state index in [0.29, 0.717) is 0 Å². The second kappa shape index (κ2) is 14.1. The van der Waals surface area contributed by atoms with E-state index in [2.05, 4.69) is 211 Å². The summed E-state index contributed by atoms with van der Waals surface area (Å²) in [5.74, 6) is 0.907. The Morgan fingerprint density at radius 1 is 0.345 bits per heavy atom. The van der Waals surface area contributed by atoms with Crippen LogP contribution in [0.15, 0.2) is 223 Å². The second-order valence-electron chi connectivity index (χ2n) is 14.8. The van der Waals surface area contributed by atoms with E-state index in [0.717, 1.165) is 77.9 Å². The van der Waals surface area contributed by atoms with Crippen molar-refractivity contribution >= 4 is 33.0 Å². The molecule has 2 aromatic heterocycles. The van der Waals surface area contributed by atoms with Crippen LogP contribution in [0.5, 0.6) is 0 Å². The lowest BCUT2D eigenvalue weighted by molar-refractivity contribution is 0.670. The number of nitrogens with zero attached hydrogens (tertiary/aromatic N) is 2. The molecule has 0 amide bonds. The van der Waals surface area contributed by atoms with Crippen molar-refractivity contribution in [3.63, 3.8) is 0 Å². The average molecular weight is 741 g/mol. The third-order valence-electron chi connectivity index (χ3n) is 11.3. The molecule has 11 rings (SSSR count). The molecule has 0 aliphatic carbocycles. The summed E-state index contributed by atoms with van der Waals surface area (Å²) in [5, 5.41) is 2.18. The van der Waals surface area contributed by atoms with E-state index in [-0.39, 0.29) is 0 Å². The molecule has 0 radical (unpaired) electrons. The second-order valence-corrected chi connectivity index (χ2v) is 14.8. The molecule has 3 nitrogen and oxygen atoms in total. The maximum Gasteiger partial charge on any atom is 0.145 e. The van der Waals surface area contributed by atoms with E-state index in [4.69, 9.17) is 9.40 Å². The van der Waals surface area contributed by atoms with Crippen LogP contribution in [0.2, 0.25) is 0 Å². The highest BCUT2D eigenvalue weighted by atomic mass is 16.3. The van der Waals surface area contributed by atoms with Gasteiger partial charge in [0.2, 0.25) is 0 Å². The van der Waals surface area contributed by atoms with Gasteiger partial charge in [0.1, 0.15) is 17.0 Å². The molecule has 0 fully saturated rings. The molecule has 0 N–H and O–H groups in total. The Balaban J connectivity index is 1.04. The lowest BCUT2D eigenvalue weighted by Crippen LogP contribution is -1.97. The third-order valence-corrected chi connectivity index (χ3v) is 11.3. The first-order valence-electron chi connectivity index (χ1n) is 19.7. The summed E-state index contributed by atoms with van der Waals surface area (Å²) in [6, 6.07) is 77.5. The number of hydrogen-bond donors (Lipinski definition) is 0. The van der Waals surface area contributed by atoms with Gasteiger partial charge in [-0.1, -0.05) is 170 Å². The topological polar surface area (TPSA) is 31.0 Å². The number of para-hydroxylation sites is 3. The molecule has 0 unspecified atom stereocenters. The average Bonchev–Trinajstić information content (AvgIpc) is 3.88. The van der Waals surface area contributed by atoms with Crippen LogP contribution >= 0.6 is 0 Å². The van der Waals surface area contributed by atoms with Crippen LogP contribution < -0.4 is 0 Å². The fraction of sp³-hybridized carbons (Fsp3) is 0.